The number of benzene rings is 1. The van der Waals surface area contributed by atoms with Crippen LogP contribution in [0.1, 0.15) is 24.3 Å². The first kappa shape index (κ1) is 9.46. The smallest absolute Gasteiger partial charge is 0.268 e. The molecule has 1 aromatic heterocycles. The Labute approximate surface area is 94.1 Å². The Bertz CT molecular complexity index is 581. The number of carbonyl (C=O) groups is 1. The SMILES string of the molecule is CC1(C)CNC(=O)c2cc3ccccc3n21. The summed E-state index contributed by atoms with van der Waals surface area (Å²) >= 11 is 0. The van der Waals surface area contributed by atoms with Crippen molar-refractivity contribution in [1.82, 2.24) is 9.88 Å². The number of aromatic nitrogens is 1. The minimum atomic E-state index is -0.0631. The van der Waals surface area contributed by atoms with E-state index in [2.05, 4.69) is 29.8 Å². The van der Waals surface area contributed by atoms with Crippen LogP contribution in [-0.4, -0.2) is 17.0 Å². The van der Waals surface area contributed by atoms with Gasteiger partial charge in [-0.05, 0) is 26.0 Å². The topological polar surface area (TPSA) is 34.0 Å². The summed E-state index contributed by atoms with van der Waals surface area (Å²) in [6.07, 6.45) is 0. The third kappa shape index (κ3) is 1.11. The second kappa shape index (κ2) is 2.88. The molecule has 0 fully saturated rings. The Hall–Kier alpha value is -1.77. The Kier molecular flexibility index (Phi) is 1.70. The molecule has 0 bridgehead atoms. The summed E-state index contributed by atoms with van der Waals surface area (Å²) in [5, 5.41) is 4.06. The molecule has 2 heterocycles. The van der Waals surface area contributed by atoms with Crippen LogP contribution in [0.25, 0.3) is 10.9 Å². The minimum absolute atomic E-state index is 0.0236. The molecule has 3 heteroatoms. The molecular formula is C13H14N2O. The van der Waals surface area contributed by atoms with Gasteiger partial charge in [0.05, 0.1) is 5.54 Å². The standard InChI is InChI=1S/C13H14N2O/c1-13(2)8-14-12(16)11-7-9-5-3-4-6-10(9)15(11)13/h3-7H,8H2,1-2H3,(H,14,16). The van der Waals surface area contributed by atoms with Crippen LogP contribution in [0.5, 0.6) is 0 Å². The third-order valence-corrected chi connectivity index (χ3v) is 3.23. The van der Waals surface area contributed by atoms with E-state index in [1.165, 1.54) is 0 Å². The highest BCUT2D eigenvalue weighted by Crippen LogP contribution is 2.29. The van der Waals surface area contributed by atoms with Crippen molar-refractivity contribution in [2.45, 2.75) is 19.4 Å². The number of hydrogen-bond acceptors (Lipinski definition) is 1. The van der Waals surface area contributed by atoms with Gasteiger partial charge in [0.1, 0.15) is 5.69 Å². The van der Waals surface area contributed by atoms with Gasteiger partial charge in [0.2, 0.25) is 0 Å². The normalized spacial score (nSPS) is 18.2. The predicted octanol–water partition coefficient (Wildman–Crippen LogP) is 2.12. The molecule has 16 heavy (non-hydrogen) atoms. The molecule has 2 aromatic rings. The maximum atomic E-state index is 11.8. The van der Waals surface area contributed by atoms with E-state index in [0.717, 1.165) is 16.6 Å². The van der Waals surface area contributed by atoms with Gasteiger partial charge in [0.25, 0.3) is 5.91 Å². The number of hydrogen-bond donors (Lipinski definition) is 1. The number of rotatable bonds is 0. The van der Waals surface area contributed by atoms with Gasteiger partial charge in [0, 0.05) is 17.4 Å². The summed E-state index contributed by atoms with van der Waals surface area (Å²) in [6.45, 7) is 4.96. The van der Waals surface area contributed by atoms with Gasteiger partial charge in [-0.1, -0.05) is 18.2 Å². The number of para-hydroxylation sites is 1. The fraction of sp³-hybridized carbons (Fsp3) is 0.308. The van der Waals surface area contributed by atoms with Crippen molar-refractivity contribution in [3.8, 4) is 0 Å². The quantitative estimate of drug-likeness (QED) is 0.716. The molecule has 1 N–H and O–H groups in total. The van der Waals surface area contributed by atoms with E-state index in [1.807, 2.05) is 24.3 Å². The van der Waals surface area contributed by atoms with Crippen LogP contribution in [0.2, 0.25) is 0 Å². The Morgan fingerprint density at radius 1 is 1.31 bits per heavy atom. The highest BCUT2D eigenvalue weighted by Gasteiger charge is 2.32. The van der Waals surface area contributed by atoms with E-state index in [9.17, 15) is 4.79 Å². The first-order chi connectivity index (χ1) is 7.59. The molecule has 0 aliphatic carbocycles. The molecular weight excluding hydrogens is 200 g/mol. The lowest BCUT2D eigenvalue weighted by molar-refractivity contribution is 0.0891. The summed E-state index contributed by atoms with van der Waals surface area (Å²) in [5.41, 5.74) is 1.83. The fourth-order valence-corrected chi connectivity index (χ4v) is 2.44. The molecule has 1 aromatic carbocycles. The second-order valence-corrected chi connectivity index (χ2v) is 4.92. The van der Waals surface area contributed by atoms with Gasteiger partial charge >= 0.3 is 0 Å². The maximum absolute atomic E-state index is 11.8. The van der Waals surface area contributed by atoms with Crippen molar-refractivity contribution < 1.29 is 4.79 Å². The molecule has 1 aliphatic rings. The largest absolute Gasteiger partial charge is 0.348 e. The highest BCUT2D eigenvalue weighted by molar-refractivity contribution is 5.99. The summed E-state index contributed by atoms with van der Waals surface area (Å²) in [4.78, 5) is 11.8. The van der Waals surface area contributed by atoms with Crippen LogP contribution < -0.4 is 5.32 Å². The summed E-state index contributed by atoms with van der Waals surface area (Å²) in [5.74, 6) is 0.0236. The van der Waals surface area contributed by atoms with Crippen molar-refractivity contribution >= 4 is 16.8 Å². The van der Waals surface area contributed by atoms with Crippen molar-refractivity contribution in [1.29, 1.82) is 0 Å². The first-order valence-corrected chi connectivity index (χ1v) is 5.49. The van der Waals surface area contributed by atoms with E-state index < -0.39 is 0 Å². The number of amides is 1. The maximum Gasteiger partial charge on any atom is 0.268 e. The third-order valence-electron chi connectivity index (χ3n) is 3.23. The monoisotopic (exact) mass is 214 g/mol. The lowest BCUT2D eigenvalue weighted by atomic mass is 10.0. The average molecular weight is 214 g/mol. The van der Waals surface area contributed by atoms with Gasteiger partial charge in [0.15, 0.2) is 0 Å². The average Bonchev–Trinajstić information content (AvgIpc) is 2.65. The Balaban J connectivity index is 2.42. The van der Waals surface area contributed by atoms with E-state index in [1.54, 1.807) is 0 Å². The lowest BCUT2D eigenvalue weighted by Gasteiger charge is -2.34. The number of fused-ring (bicyclic) bond motifs is 3. The molecule has 0 radical (unpaired) electrons. The summed E-state index contributed by atoms with van der Waals surface area (Å²) in [7, 11) is 0. The Morgan fingerprint density at radius 3 is 2.88 bits per heavy atom. The molecule has 0 spiro atoms. The minimum Gasteiger partial charge on any atom is -0.348 e. The fourth-order valence-electron chi connectivity index (χ4n) is 2.44. The van der Waals surface area contributed by atoms with Crippen molar-refractivity contribution in [3.63, 3.8) is 0 Å². The lowest BCUT2D eigenvalue weighted by Crippen LogP contribution is -2.47. The van der Waals surface area contributed by atoms with Crippen LogP contribution in [0.4, 0.5) is 0 Å². The predicted molar refractivity (Wildman–Crippen MR) is 63.6 cm³/mol. The second-order valence-electron chi connectivity index (χ2n) is 4.92. The number of nitrogens with zero attached hydrogens (tertiary/aromatic N) is 1. The molecule has 3 rings (SSSR count). The molecule has 0 atom stereocenters. The van der Waals surface area contributed by atoms with Gasteiger partial charge in [-0.2, -0.15) is 0 Å². The van der Waals surface area contributed by atoms with Crippen LogP contribution in [0.3, 0.4) is 0 Å². The highest BCUT2D eigenvalue weighted by atomic mass is 16.2. The summed E-state index contributed by atoms with van der Waals surface area (Å²) < 4.78 is 2.14. The van der Waals surface area contributed by atoms with Gasteiger partial charge in [-0.25, -0.2) is 0 Å². The van der Waals surface area contributed by atoms with Crippen molar-refractivity contribution in [2.75, 3.05) is 6.54 Å². The van der Waals surface area contributed by atoms with Gasteiger partial charge in [-0.15, -0.1) is 0 Å². The zero-order valence-electron chi connectivity index (χ0n) is 9.45. The molecule has 0 unspecified atom stereocenters. The van der Waals surface area contributed by atoms with Crippen molar-refractivity contribution in [2.24, 2.45) is 0 Å². The summed E-state index contributed by atoms with van der Waals surface area (Å²) in [6, 6.07) is 10.1. The molecule has 82 valence electrons. The van der Waals surface area contributed by atoms with Crippen molar-refractivity contribution in [3.05, 3.63) is 36.0 Å². The first-order valence-electron chi connectivity index (χ1n) is 5.49. The van der Waals surface area contributed by atoms with Gasteiger partial charge < -0.3 is 9.88 Å². The molecule has 0 saturated carbocycles. The molecule has 3 nitrogen and oxygen atoms in total. The Morgan fingerprint density at radius 2 is 2.06 bits per heavy atom. The molecule has 0 saturated heterocycles. The zero-order valence-corrected chi connectivity index (χ0v) is 9.45. The van der Waals surface area contributed by atoms with E-state index in [4.69, 9.17) is 0 Å². The van der Waals surface area contributed by atoms with E-state index in [0.29, 0.717) is 6.54 Å². The molecule has 1 aliphatic heterocycles. The van der Waals surface area contributed by atoms with E-state index in [-0.39, 0.29) is 11.4 Å². The van der Waals surface area contributed by atoms with E-state index >= 15 is 0 Å². The number of nitrogens with one attached hydrogen (secondary N) is 1. The van der Waals surface area contributed by atoms with Crippen LogP contribution in [-0.2, 0) is 5.54 Å². The zero-order chi connectivity index (χ0) is 11.3. The van der Waals surface area contributed by atoms with Crippen LogP contribution >= 0.6 is 0 Å². The number of carbonyl (C=O) groups excluding carboxylic acids is 1. The van der Waals surface area contributed by atoms with Gasteiger partial charge in [-0.3, -0.25) is 4.79 Å². The van der Waals surface area contributed by atoms with Crippen LogP contribution in [0, 0.1) is 0 Å². The molecule has 1 amide bonds. The van der Waals surface area contributed by atoms with Crippen LogP contribution in [0.15, 0.2) is 30.3 Å².